The summed E-state index contributed by atoms with van der Waals surface area (Å²) in [6, 6.07) is 9.32. The van der Waals surface area contributed by atoms with Crippen LogP contribution in [0, 0.1) is 18.7 Å². The van der Waals surface area contributed by atoms with Crippen molar-refractivity contribution in [3.8, 4) is 5.75 Å². The molecule has 0 bridgehead atoms. The zero-order chi connectivity index (χ0) is 25.0. The monoisotopic (exact) mass is 491 g/mol. The fourth-order valence-electron chi connectivity index (χ4n) is 3.70. The molecule has 0 aromatic heterocycles. The number of hydrogen-bond acceptors (Lipinski definition) is 5. The van der Waals surface area contributed by atoms with Crippen molar-refractivity contribution in [2.75, 3.05) is 33.3 Å². The quantitative estimate of drug-likeness (QED) is 0.642. The van der Waals surface area contributed by atoms with E-state index in [1.165, 1.54) is 37.4 Å². The van der Waals surface area contributed by atoms with Crippen LogP contribution in [0.1, 0.15) is 29.8 Å². The van der Waals surface area contributed by atoms with Gasteiger partial charge in [-0.2, -0.15) is 4.72 Å². The second-order valence-electron chi connectivity index (χ2n) is 8.60. The van der Waals surface area contributed by atoms with E-state index in [0.717, 1.165) is 0 Å². The van der Waals surface area contributed by atoms with Gasteiger partial charge in [0.1, 0.15) is 17.6 Å². The molecule has 1 saturated heterocycles. The summed E-state index contributed by atoms with van der Waals surface area (Å²) in [6.07, 6.45) is 0. The molecule has 184 valence electrons. The van der Waals surface area contributed by atoms with Crippen LogP contribution in [0.3, 0.4) is 0 Å². The first-order chi connectivity index (χ1) is 16.0. The van der Waals surface area contributed by atoms with Crippen LogP contribution in [0.2, 0.25) is 0 Å². The van der Waals surface area contributed by atoms with Crippen LogP contribution >= 0.6 is 0 Å². The molecule has 3 rings (SSSR count). The molecular formula is C24H30FN3O5S. The van der Waals surface area contributed by atoms with Crippen LogP contribution in [0.15, 0.2) is 47.4 Å². The lowest BCUT2D eigenvalue weighted by molar-refractivity contribution is -0.135. The second kappa shape index (κ2) is 10.5. The average Bonchev–Trinajstić information content (AvgIpc) is 2.83. The Kier molecular flexibility index (Phi) is 7.93. The van der Waals surface area contributed by atoms with Crippen molar-refractivity contribution in [2.45, 2.75) is 31.7 Å². The average molecular weight is 492 g/mol. The Hall–Kier alpha value is -2.98. The Balaban J connectivity index is 1.66. The predicted molar refractivity (Wildman–Crippen MR) is 126 cm³/mol. The standard InChI is InChI=1S/C24H30FN3O5S/c1-16(2)22(26-34(31,32)20-9-7-19(33-4)8-10-20)24(30)28-13-11-27(12-14-28)23(29)18-6-5-17(3)21(25)15-18/h5-10,15-16,22,26H,11-14H2,1-4H3/t22-/m0/s1. The van der Waals surface area contributed by atoms with E-state index in [1.807, 2.05) is 0 Å². The highest BCUT2D eigenvalue weighted by atomic mass is 32.2. The Morgan fingerprint density at radius 2 is 1.59 bits per heavy atom. The molecule has 1 aliphatic heterocycles. The van der Waals surface area contributed by atoms with Crippen molar-refractivity contribution in [1.82, 2.24) is 14.5 Å². The summed E-state index contributed by atoms with van der Waals surface area (Å²) in [5.74, 6) is -0.859. The smallest absolute Gasteiger partial charge is 0.254 e. The fraction of sp³-hybridized carbons (Fsp3) is 0.417. The van der Waals surface area contributed by atoms with Gasteiger partial charge in [0.2, 0.25) is 15.9 Å². The molecule has 0 radical (unpaired) electrons. The van der Waals surface area contributed by atoms with E-state index in [-0.39, 0.29) is 54.4 Å². The van der Waals surface area contributed by atoms with Gasteiger partial charge in [-0.1, -0.05) is 19.9 Å². The van der Waals surface area contributed by atoms with E-state index in [4.69, 9.17) is 4.74 Å². The molecule has 0 aliphatic carbocycles. The maximum atomic E-state index is 13.8. The predicted octanol–water partition coefficient (Wildman–Crippen LogP) is 2.43. The molecule has 34 heavy (non-hydrogen) atoms. The number of nitrogens with zero attached hydrogens (tertiary/aromatic N) is 2. The van der Waals surface area contributed by atoms with E-state index in [0.29, 0.717) is 11.3 Å². The van der Waals surface area contributed by atoms with Crippen LogP contribution in [0.25, 0.3) is 0 Å². The minimum atomic E-state index is -3.93. The summed E-state index contributed by atoms with van der Waals surface area (Å²) in [7, 11) is -2.45. The number of carbonyl (C=O) groups is 2. The highest BCUT2D eigenvalue weighted by molar-refractivity contribution is 7.89. The van der Waals surface area contributed by atoms with Crippen molar-refractivity contribution in [3.05, 3.63) is 59.4 Å². The van der Waals surface area contributed by atoms with Gasteiger partial charge in [-0.15, -0.1) is 0 Å². The summed E-state index contributed by atoms with van der Waals surface area (Å²) in [5.41, 5.74) is 0.721. The van der Waals surface area contributed by atoms with Crippen LogP contribution in [0.4, 0.5) is 4.39 Å². The molecule has 8 nitrogen and oxygen atoms in total. The van der Waals surface area contributed by atoms with Gasteiger partial charge < -0.3 is 14.5 Å². The number of rotatable bonds is 7. The van der Waals surface area contributed by atoms with Crippen molar-refractivity contribution < 1.29 is 27.1 Å². The molecule has 0 saturated carbocycles. The first-order valence-electron chi connectivity index (χ1n) is 11.0. The van der Waals surface area contributed by atoms with Crippen molar-refractivity contribution >= 4 is 21.8 Å². The van der Waals surface area contributed by atoms with Gasteiger partial charge in [-0.05, 0) is 54.8 Å². The Morgan fingerprint density at radius 3 is 2.12 bits per heavy atom. The molecule has 1 aliphatic rings. The molecule has 2 aromatic carbocycles. The number of ether oxygens (including phenoxy) is 1. The number of hydrogen-bond donors (Lipinski definition) is 1. The zero-order valence-corrected chi connectivity index (χ0v) is 20.6. The third kappa shape index (κ3) is 5.74. The number of aryl methyl sites for hydroxylation is 1. The molecule has 0 spiro atoms. The Labute approximate surface area is 199 Å². The molecule has 0 unspecified atom stereocenters. The lowest BCUT2D eigenvalue weighted by Crippen LogP contribution is -2.57. The lowest BCUT2D eigenvalue weighted by Gasteiger charge is -2.37. The molecule has 1 heterocycles. The number of methoxy groups -OCH3 is 1. The molecule has 10 heteroatoms. The van der Waals surface area contributed by atoms with Crippen LogP contribution in [-0.2, 0) is 14.8 Å². The van der Waals surface area contributed by atoms with Crippen LogP contribution in [0.5, 0.6) is 5.75 Å². The summed E-state index contributed by atoms with van der Waals surface area (Å²) in [5, 5.41) is 0. The highest BCUT2D eigenvalue weighted by Gasteiger charge is 2.34. The first-order valence-corrected chi connectivity index (χ1v) is 12.5. The summed E-state index contributed by atoms with van der Waals surface area (Å²) < 4.78 is 47.2. The van der Waals surface area contributed by atoms with Gasteiger partial charge in [-0.3, -0.25) is 9.59 Å². The van der Waals surface area contributed by atoms with Gasteiger partial charge in [0.25, 0.3) is 5.91 Å². The molecule has 1 N–H and O–H groups in total. The van der Waals surface area contributed by atoms with Gasteiger partial charge in [-0.25, -0.2) is 12.8 Å². The highest BCUT2D eigenvalue weighted by Crippen LogP contribution is 2.19. The van der Waals surface area contributed by atoms with Gasteiger partial charge >= 0.3 is 0 Å². The maximum Gasteiger partial charge on any atom is 0.254 e. The number of nitrogens with one attached hydrogen (secondary N) is 1. The van der Waals surface area contributed by atoms with Crippen LogP contribution < -0.4 is 9.46 Å². The number of carbonyl (C=O) groups excluding carboxylic acids is 2. The topological polar surface area (TPSA) is 96.0 Å². The fourth-order valence-corrected chi connectivity index (χ4v) is 5.03. The molecule has 2 aromatic rings. The van der Waals surface area contributed by atoms with E-state index < -0.39 is 21.9 Å². The number of amides is 2. The van der Waals surface area contributed by atoms with E-state index >= 15 is 0 Å². The minimum absolute atomic E-state index is 0.0347. The lowest BCUT2D eigenvalue weighted by atomic mass is 10.0. The van der Waals surface area contributed by atoms with Crippen molar-refractivity contribution in [1.29, 1.82) is 0 Å². The van der Waals surface area contributed by atoms with E-state index in [2.05, 4.69) is 4.72 Å². The summed E-state index contributed by atoms with van der Waals surface area (Å²) >= 11 is 0. The second-order valence-corrected chi connectivity index (χ2v) is 10.3. The normalized spacial score (nSPS) is 15.4. The molecular weight excluding hydrogens is 461 g/mol. The maximum absolute atomic E-state index is 13.8. The molecule has 1 fully saturated rings. The van der Waals surface area contributed by atoms with Crippen LogP contribution in [-0.4, -0.2) is 69.4 Å². The zero-order valence-electron chi connectivity index (χ0n) is 19.7. The van der Waals surface area contributed by atoms with E-state index in [1.54, 1.807) is 42.7 Å². The number of sulfonamides is 1. The SMILES string of the molecule is COc1ccc(S(=O)(=O)N[C@H](C(=O)N2CCN(C(=O)c3ccc(C)c(F)c3)CC2)C(C)C)cc1. The van der Waals surface area contributed by atoms with Crippen molar-refractivity contribution in [2.24, 2.45) is 5.92 Å². The Morgan fingerprint density at radius 1 is 1.00 bits per heavy atom. The first kappa shape index (κ1) is 25.6. The van der Waals surface area contributed by atoms with E-state index in [9.17, 15) is 22.4 Å². The van der Waals surface area contributed by atoms with Crippen molar-refractivity contribution in [3.63, 3.8) is 0 Å². The third-order valence-corrected chi connectivity index (χ3v) is 7.34. The summed E-state index contributed by atoms with van der Waals surface area (Å²) in [4.78, 5) is 29.1. The molecule has 2 amide bonds. The Bertz CT molecular complexity index is 1140. The summed E-state index contributed by atoms with van der Waals surface area (Å²) in [6.45, 7) is 6.22. The number of halogens is 1. The largest absolute Gasteiger partial charge is 0.497 e. The number of piperazine rings is 1. The minimum Gasteiger partial charge on any atom is -0.497 e. The third-order valence-electron chi connectivity index (χ3n) is 5.88. The van der Waals surface area contributed by atoms with Gasteiger partial charge in [0.05, 0.1) is 12.0 Å². The van der Waals surface area contributed by atoms with Gasteiger partial charge in [0, 0.05) is 31.7 Å². The molecule has 1 atom stereocenters. The number of benzene rings is 2. The van der Waals surface area contributed by atoms with Gasteiger partial charge in [0.15, 0.2) is 0 Å².